The maximum absolute atomic E-state index is 13.2. The molecule has 17 nitrogen and oxygen atoms in total. The summed E-state index contributed by atoms with van der Waals surface area (Å²) in [6.45, 7) is 14.4. The maximum atomic E-state index is 13.2. The highest BCUT2D eigenvalue weighted by Gasteiger charge is 2.31. The fourth-order valence-corrected chi connectivity index (χ4v) is 16.5. The van der Waals surface area contributed by atoms with Crippen LogP contribution >= 0.6 is 15.6 Å². The van der Waals surface area contributed by atoms with Crippen molar-refractivity contribution in [1.29, 1.82) is 0 Å². The molecule has 0 heterocycles. The summed E-state index contributed by atoms with van der Waals surface area (Å²) in [7, 11) is -9.94. The monoisotopic (exact) mass is 1660 g/mol. The van der Waals surface area contributed by atoms with E-state index in [0.29, 0.717) is 31.6 Å². The average molecular weight is 1660 g/mol. The number of esters is 4. The van der Waals surface area contributed by atoms with Crippen LogP contribution in [0.15, 0.2) is 0 Å². The van der Waals surface area contributed by atoms with Crippen molar-refractivity contribution in [2.24, 2.45) is 23.7 Å². The van der Waals surface area contributed by atoms with Gasteiger partial charge in [-0.2, -0.15) is 0 Å². The van der Waals surface area contributed by atoms with Gasteiger partial charge in [0, 0.05) is 25.7 Å². The Balaban J connectivity index is 5.20. The SMILES string of the molecule is CCC(C)CCCCCCCCCCCCCCCCCCCCC(=O)O[C@H](COC(=O)CCCCCCCCCC(C)C)COP(=O)(O)OCC(O)COP(=O)(O)OC[C@@H](COC(=O)CCCCCCCCCCCCCCCCCCCCC(C)C)OC(=O)CCCCCCCCCCCCCCCCCCCCC(C)C. The molecule has 0 aromatic rings. The second-order valence-corrected chi connectivity index (χ2v) is 38.7. The molecule has 0 aromatic heterocycles. The van der Waals surface area contributed by atoms with E-state index in [0.717, 1.165) is 114 Å². The molecule has 19 heteroatoms. The number of aliphatic hydroxyl groups excluding tert-OH is 1. The van der Waals surface area contributed by atoms with Crippen molar-refractivity contribution < 1.29 is 80.2 Å². The van der Waals surface area contributed by atoms with Crippen molar-refractivity contribution in [1.82, 2.24) is 0 Å². The van der Waals surface area contributed by atoms with E-state index in [2.05, 4.69) is 55.4 Å². The first-order valence-corrected chi connectivity index (χ1v) is 51.7. The lowest BCUT2D eigenvalue weighted by Gasteiger charge is -2.21. The first-order chi connectivity index (χ1) is 55.1. The highest BCUT2D eigenvalue weighted by atomic mass is 31.2. The van der Waals surface area contributed by atoms with E-state index in [4.69, 9.17) is 37.0 Å². The number of phosphoric ester groups is 2. The predicted octanol–water partition coefficient (Wildman–Crippen LogP) is 29.5. The summed E-state index contributed by atoms with van der Waals surface area (Å²) in [5.41, 5.74) is 0. The first-order valence-electron chi connectivity index (χ1n) is 48.7. The smallest absolute Gasteiger partial charge is 0.462 e. The largest absolute Gasteiger partial charge is 0.472 e. The van der Waals surface area contributed by atoms with Crippen LogP contribution in [0.3, 0.4) is 0 Å². The summed E-state index contributed by atoms with van der Waals surface area (Å²) in [6.07, 6.45) is 76.7. The highest BCUT2D eigenvalue weighted by molar-refractivity contribution is 7.47. The lowest BCUT2D eigenvalue weighted by atomic mass is 9.99. The number of carbonyl (C=O) groups excluding carboxylic acids is 4. The van der Waals surface area contributed by atoms with Crippen LogP contribution < -0.4 is 0 Å². The molecule has 0 amide bonds. The summed E-state index contributed by atoms with van der Waals surface area (Å²) in [5.74, 6) is 1.12. The molecule has 6 atom stereocenters. The van der Waals surface area contributed by atoms with Crippen molar-refractivity contribution in [2.75, 3.05) is 39.6 Å². The Hall–Kier alpha value is -1.94. The summed E-state index contributed by atoms with van der Waals surface area (Å²) in [6, 6.07) is 0. The molecule has 4 unspecified atom stereocenters. The topological polar surface area (TPSA) is 237 Å². The van der Waals surface area contributed by atoms with Gasteiger partial charge in [0.2, 0.25) is 0 Å². The van der Waals surface area contributed by atoms with Crippen LogP contribution in [0, 0.1) is 23.7 Å². The van der Waals surface area contributed by atoms with Crippen LogP contribution in [-0.2, 0) is 65.4 Å². The fourth-order valence-electron chi connectivity index (χ4n) is 14.9. The van der Waals surface area contributed by atoms with Gasteiger partial charge in [-0.15, -0.1) is 0 Å². The maximum Gasteiger partial charge on any atom is 0.472 e. The minimum atomic E-state index is -4.97. The van der Waals surface area contributed by atoms with Crippen molar-refractivity contribution >= 4 is 39.5 Å². The van der Waals surface area contributed by atoms with Crippen LogP contribution in [0.5, 0.6) is 0 Å². The van der Waals surface area contributed by atoms with E-state index in [1.807, 2.05) is 0 Å². The third-order valence-corrected chi connectivity index (χ3v) is 24.6. The third kappa shape index (κ3) is 86.4. The summed E-state index contributed by atoms with van der Waals surface area (Å²) in [5, 5.41) is 10.7. The highest BCUT2D eigenvalue weighted by Crippen LogP contribution is 2.45. The Morgan fingerprint density at radius 2 is 0.421 bits per heavy atom. The molecule has 0 spiro atoms. The van der Waals surface area contributed by atoms with Crippen LogP contribution in [0.2, 0.25) is 0 Å². The Labute approximate surface area is 702 Å². The van der Waals surface area contributed by atoms with E-state index >= 15 is 0 Å². The molecule has 0 rings (SSSR count). The van der Waals surface area contributed by atoms with Crippen LogP contribution in [-0.4, -0.2) is 96.7 Å². The van der Waals surface area contributed by atoms with Crippen molar-refractivity contribution in [3.05, 3.63) is 0 Å². The van der Waals surface area contributed by atoms with E-state index in [1.165, 1.54) is 302 Å². The molecule has 3 N–H and O–H groups in total. The molecule has 114 heavy (non-hydrogen) atoms. The van der Waals surface area contributed by atoms with Gasteiger partial charge in [0.25, 0.3) is 0 Å². The summed E-state index contributed by atoms with van der Waals surface area (Å²) >= 11 is 0. The minimum Gasteiger partial charge on any atom is -0.462 e. The Morgan fingerprint density at radius 3 is 0.623 bits per heavy atom. The first kappa shape index (κ1) is 112. The molecule has 678 valence electrons. The van der Waals surface area contributed by atoms with Crippen molar-refractivity contribution in [2.45, 2.75) is 523 Å². The van der Waals surface area contributed by atoms with Gasteiger partial charge in [-0.05, 0) is 49.4 Å². The molecule has 0 aliphatic heterocycles. The number of unbranched alkanes of at least 4 members (excludes halogenated alkanes) is 57. The Kier molecular flexibility index (Phi) is 81.9. The number of hydrogen-bond acceptors (Lipinski definition) is 15. The minimum absolute atomic E-state index is 0.108. The molecule has 0 bridgehead atoms. The zero-order chi connectivity index (χ0) is 83.7. The second-order valence-electron chi connectivity index (χ2n) is 35.8. The lowest BCUT2D eigenvalue weighted by molar-refractivity contribution is -0.161. The number of carbonyl (C=O) groups is 4. The van der Waals surface area contributed by atoms with E-state index in [-0.39, 0.29) is 25.7 Å². The van der Waals surface area contributed by atoms with Gasteiger partial charge < -0.3 is 33.8 Å². The van der Waals surface area contributed by atoms with Gasteiger partial charge in [0.15, 0.2) is 12.2 Å². The quantitative estimate of drug-likeness (QED) is 0.0222. The lowest BCUT2D eigenvalue weighted by Crippen LogP contribution is -2.30. The van der Waals surface area contributed by atoms with Crippen molar-refractivity contribution in [3.63, 3.8) is 0 Å². The molecule has 0 saturated carbocycles. The molecular formula is C95H186O17P2. The average Bonchev–Trinajstić information content (AvgIpc) is 0.895. The zero-order valence-corrected chi connectivity index (χ0v) is 77.5. The number of rotatable bonds is 92. The zero-order valence-electron chi connectivity index (χ0n) is 75.7. The molecule has 0 aromatic carbocycles. The summed E-state index contributed by atoms with van der Waals surface area (Å²) < 4.78 is 69.1. The normalized spacial score (nSPS) is 14.0. The van der Waals surface area contributed by atoms with E-state index < -0.39 is 97.5 Å². The van der Waals surface area contributed by atoms with Crippen LogP contribution in [0.4, 0.5) is 0 Å². The predicted molar refractivity (Wildman–Crippen MR) is 474 cm³/mol. The molecule has 0 radical (unpaired) electrons. The van der Waals surface area contributed by atoms with Gasteiger partial charge in [0.1, 0.15) is 19.3 Å². The summed E-state index contributed by atoms with van der Waals surface area (Å²) in [4.78, 5) is 73.5. The second kappa shape index (κ2) is 83.3. The van der Waals surface area contributed by atoms with Gasteiger partial charge in [-0.1, -0.05) is 453 Å². The molecule has 0 aliphatic carbocycles. The standard InChI is InChI=1S/C95H186O17P2/c1-9-88(8)74-66-58-50-42-36-30-24-18-12-15-21-27-33-39-45-53-62-70-78-95(100)112-91(82-106-93(98)76-68-60-54-46-49-57-65-73-87(6)7)84-110-114(103,104)108-80-89(96)79-107-113(101,102)109-83-90(111-94(99)77-69-61-52-44-38-32-26-20-14-11-17-23-29-35-41-48-56-64-72-86(4)5)81-105-92(97)75-67-59-51-43-37-31-25-19-13-10-16-22-28-34-40-47-55-63-71-85(2)3/h85-91,96H,9-84H2,1-8H3,(H,101,102)(H,103,104)/t88?,89?,90-,91-/m1/s1. The number of aliphatic hydroxyl groups is 1. The molecular weight excluding hydrogens is 1470 g/mol. The number of hydrogen-bond donors (Lipinski definition) is 3. The van der Waals surface area contributed by atoms with Gasteiger partial charge in [0.05, 0.1) is 26.4 Å². The van der Waals surface area contributed by atoms with E-state index in [9.17, 15) is 43.2 Å². The van der Waals surface area contributed by atoms with E-state index in [1.54, 1.807) is 0 Å². The molecule has 0 fully saturated rings. The fraction of sp³-hybridized carbons (Fsp3) is 0.958. The van der Waals surface area contributed by atoms with Crippen molar-refractivity contribution in [3.8, 4) is 0 Å². The molecule has 0 aliphatic rings. The molecule has 0 saturated heterocycles. The number of phosphoric acid groups is 2. The van der Waals surface area contributed by atoms with Crippen LogP contribution in [0.25, 0.3) is 0 Å². The Morgan fingerprint density at radius 1 is 0.246 bits per heavy atom. The number of ether oxygens (including phenoxy) is 4. The van der Waals surface area contributed by atoms with Gasteiger partial charge >= 0.3 is 39.5 Å². The Bertz CT molecular complexity index is 2200. The third-order valence-electron chi connectivity index (χ3n) is 22.7. The van der Waals surface area contributed by atoms with Crippen LogP contribution in [0.1, 0.15) is 505 Å². The van der Waals surface area contributed by atoms with Gasteiger partial charge in [-0.3, -0.25) is 37.3 Å². The van der Waals surface area contributed by atoms with Gasteiger partial charge in [-0.25, -0.2) is 9.13 Å².